The summed E-state index contributed by atoms with van der Waals surface area (Å²) in [5.41, 5.74) is -0.624. The second kappa shape index (κ2) is 6.69. The van der Waals surface area contributed by atoms with Gasteiger partial charge in [0.05, 0.1) is 11.1 Å². The van der Waals surface area contributed by atoms with Crippen LogP contribution in [0.2, 0.25) is 0 Å². The third-order valence-electron chi connectivity index (χ3n) is 5.20. The van der Waals surface area contributed by atoms with E-state index in [9.17, 15) is 22.8 Å². The molecule has 1 saturated carbocycles. The fourth-order valence-corrected chi connectivity index (χ4v) is 3.79. The van der Waals surface area contributed by atoms with E-state index in [0.717, 1.165) is 25.0 Å². The first kappa shape index (κ1) is 17.8. The average molecular weight is 354 g/mol. The van der Waals surface area contributed by atoms with Crippen LogP contribution in [-0.4, -0.2) is 18.4 Å². The fraction of sp³-hybridized carbons (Fsp3) is 0.556. The van der Waals surface area contributed by atoms with Crippen LogP contribution in [0.25, 0.3) is 0 Å². The molecule has 1 aromatic carbocycles. The van der Waals surface area contributed by atoms with Gasteiger partial charge < -0.3 is 10.6 Å². The van der Waals surface area contributed by atoms with Crippen molar-refractivity contribution < 1.29 is 22.8 Å². The molecular weight excluding hydrogens is 333 g/mol. The van der Waals surface area contributed by atoms with Gasteiger partial charge in [-0.1, -0.05) is 25.0 Å². The zero-order valence-electron chi connectivity index (χ0n) is 13.8. The lowest BCUT2D eigenvalue weighted by atomic mass is 9.86. The Labute approximate surface area is 144 Å². The van der Waals surface area contributed by atoms with Crippen molar-refractivity contribution in [1.82, 2.24) is 10.6 Å². The fourth-order valence-electron chi connectivity index (χ4n) is 3.79. The number of amides is 2. The Morgan fingerprint density at radius 3 is 2.36 bits per heavy atom. The van der Waals surface area contributed by atoms with Gasteiger partial charge in [-0.25, -0.2) is 0 Å². The number of hydrogen-bond acceptors (Lipinski definition) is 2. The van der Waals surface area contributed by atoms with E-state index >= 15 is 0 Å². The summed E-state index contributed by atoms with van der Waals surface area (Å²) in [5.74, 6) is -0.696. The molecule has 1 heterocycles. The Morgan fingerprint density at radius 2 is 1.80 bits per heavy atom. The van der Waals surface area contributed by atoms with Crippen molar-refractivity contribution in [3.05, 3.63) is 35.4 Å². The molecule has 2 aliphatic rings. The van der Waals surface area contributed by atoms with Gasteiger partial charge in [0.2, 0.25) is 11.8 Å². The lowest BCUT2D eigenvalue weighted by Gasteiger charge is -2.34. The molecule has 0 bridgehead atoms. The molecule has 0 spiro atoms. The number of carbonyl (C=O) groups is 2. The molecule has 7 heteroatoms. The van der Waals surface area contributed by atoms with Crippen molar-refractivity contribution in [2.24, 2.45) is 5.92 Å². The number of benzene rings is 1. The van der Waals surface area contributed by atoms with Crippen LogP contribution in [0.4, 0.5) is 13.2 Å². The molecule has 3 rings (SSSR count). The number of hydrogen-bond donors (Lipinski definition) is 2. The van der Waals surface area contributed by atoms with E-state index in [0.29, 0.717) is 31.4 Å². The largest absolute Gasteiger partial charge is 0.416 e. The Hall–Kier alpha value is -2.05. The SMILES string of the molecule is O=C1CC(C(=O)NC2(c3ccc(C(F)(F)F)cc3)CCCC2)CCN1. The van der Waals surface area contributed by atoms with Crippen molar-refractivity contribution in [1.29, 1.82) is 0 Å². The maximum absolute atomic E-state index is 12.8. The smallest absolute Gasteiger partial charge is 0.356 e. The van der Waals surface area contributed by atoms with Gasteiger partial charge in [-0.2, -0.15) is 13.2 Å². The molecule has 1 unspecified atom stereocenters. The number of carbonyl (C=O) groups excluding carboxylic acids is 2. The van der Waals surface area contributed by atoms with Gasteiger partial charge >= 0.3 is 6.18 Å². The van der Waals surface area contributed by atoms with Gasteiger partial charge in [0.15, 0.2) is 0 Å². The highest BCUT2D eigenvalue weighted by molar-refractivity contribution is 5.87. The van der Waals surface area contributed by atoms with Crippen molar-refractivity contribution in [3.63, 3.8) is 0 Å². The summed E-state index contributed by atoms with van der Waals surface area (Å²) < 4.78 is 38.3. The van der Waals surface area contributed by atoms with Crippen LogP contribution in [0.5, 0.6) is 0 Å². The van der Waals surface area contributed by atoms with Crippen LogP contribution in [-0.2, 0) is 21.3 Å². The molecule has 0 radical (unpaired) electrons. The van der Waals surface area contributed by atoms with Gasteiger partial charge in [0.25, 0.3) is 0 Å². The average Bonchev–Trinajstić information content (AvgIpc) is 3.04. The summed E-state index contributed by atoms with van der Waals surface area (Å²) in [4.78, 5) is 24.1. The van der Waals surface area contributed by atoms with Gasteiger partial charge in [0.1, 0.15) is 0 Å². The Morgan fingerprint density at radius 1 is 1.16 bits per heavy atom. The van der Waals surface area contributed by atoms with Gasteiger partial charge in [-0.3, -0.25) is 9.59 Å². The molecule has 1 aliphatic carbocycles. The zero-order valence-corrected chi connectivity index (χ0v) is 13.8. The Bertz CT molecular complexity index is 649. The second-order valence-electron chi connectivity index (χ2n) is 6.89. The van der Waals surface area contributed by atoms with Crippen molar-refractivity contribution in [2.75, 3.05) is 6.54 Å². The third kappa shape index (κ3) is 3.80. The minimum absolute atomic E-state index is 0.138. The molecule has 136 valence electrons. The first-order valence-corrected chi connectivity index (χ1v) is 8.57. The van der Waals surface area contributed by atoms with E-state index in [2.05, 4.69) is 10.6 Å². The first-order chi connectivity index (χ1) is 11.8. The minimum atomic E-state index is -4.37. The van der Waals surface area contributed by atoms with Crippen LogP contribution < -0.4 is 10.6 Å². The molecule has 1 saturated heterocycles. The lowest BCUT2D eigenvalue weighted by Crippen LogP contribution is -2.49. The predicted octanol–water partition coefficient (Wildman–Crippen LogP) is 3.12. The summed E-state index contributed by atoms with van der Waals surface area (Å²) in [7, 11) is 0. The standard InChI is InChI=1S/C18H21F3N2O2/c19-18(20,21)14-5-3-13(4-6-14)17(8-1-2-9-17)23-16(25)12-7-10-22-15(24)11-12/h3-6,12H,1-2,7-11H2,(H,22,24)(H,23,25). The third-order valence-corrected chi connectivity index (χ3v) is 5.20. The van der Waals surface area contributed by atoms with Gasteiger partial charge in [0, 0.05) is 18.9 Å². The number of nitrogens with one attached hydrogen (secondary N) is 2. The van der Waals surface area contributed by atoms with E-state index in [4.69, 9.17) is 0 Å². The Balaban J connectivity index is 1.79. The normalized spacial score (nSPS) is 23.2. The van der Waals surface area contributed by atoms with Gasteiger partial charge in [-0.15, -0.1) is 0 Å². The van der Waals surface area contributed by atoms with E-state index in [1.165, 1.54) is 12.1 Å². The van der Waals surface area contributed by atoms with Crippen LogP contribution in [0.1, 0.15) is 49.7 Å². The van der Waals surface area contributed by atoms with E-state index < -0.39 is 17.3 Å². The second-order valence-corrected chi connectivity index (χ2v) is 6.89. The van der Waals surface area contributed by atoms with E-state index in [-0.39, 0.29) is 24.2 Å². The van der Waals surface area contributed by atoms with Crippen LogP contribution in [0.3, 0.4) is 0 Å². The molecular formula is C18H21F3N2O2. The predicted molar refractivity (Wildman–Crippen MR) is 85.5 cm³/mol. The van der Waals surface area contributed by atoms with Crippen molar-refractivity contribution in [3.8, 4) is 0 Å². The van der Waals surface area contributed by atoms with E-state index in [1.54, 1.807) is 0 Å². The molecule has 1 atom stereocenters. The number of halogens is 3. The summed E-state index contributed by atoms with van der Waals surface area (Å²) >= 11 is 0. The summed E-state index contributed by atoms with van der Waals surface area (Å²) in [6.45, 7) is 0.476. The molecule has 1 aromatic rings. The monoisotopic (exact) mass is 354 g/mol. The molecule has 4 nitrogen and oxygen atoms in total. The lowest BCUT2D eigenvalue weighted by molar-refractivity contribution is -0.137. The van der Waals surface area contributed by atoms with E-state index in [1.807, 2.05) is 0 Å². The quantitative estimate of drug-likeness (QED) is 0.876. The molecule has 2 amide bonds. The van der Waals surface area contributed by atoms with Crippen molar-refractivity contribution >= 4 is 11.8 Å². The Kier molecular flexibility index (Phi) is 4.75. The number of piperidine rings is 1. The minimum Gasteiger partial charge on any atom is -0.356 e. The molecule has 1 aliphatic heterocycles. The van der Waals surface area contributed by atoms with Crippen molar-refractivity contribution in [2.45, 2.75) is 50.2 Å². The van der Waals surface area contributed by atoms with Gasteiger partial charge in [-0.05, 0) is 37.0 Å². The highest BCUT2D eigenvalue weighted by Gasteiger charge is 2.40. The summed E-state index contributed by atoms with van der Waals surface area (Å²) in [6, 6.07) is 5.05. The van der Waals surface area contributed by atoms with Crippen LogP contribution >= 0.6 is 0 Å². The highest BCUT2D eigenvalue weighted by atomic mass is 19.4. The maximum Gasteiger partial charge on any atom is 0.416 e. The molecule has 0 aromatic heterocycles. The molecule has 25 heavy (non-hydrogen) atoms. The number of rotatable bonds is 3. The molecule has 2 fully saturated rings. The molecule has 2 N–H and O–H groups in total. The maximum atomic E-state index is 12.8. The number of alkyl halides is 3. The summed E-state index contributed by atoms with van der Waals surface area (Å²) in [6.07, 6.45) is -0.416. The summed E-state index contributed by atoms with van der Waals surface area (Å²) in [5, 5.41) is 5.75. The zero-order chi connectivity index (χ0) is 18.1. The highest BCUT2D eigenvalue weighted by Crippen LogP contribution is 2.40. The van der Waals surface area contributed by atoms with Crippen LogP contribution in [0.15, 0.2) is 24.3 Å². The first-order valence-electron chi connectivity index (χ1n) is 8.57. The van der Waals surface area contributed by atoms with Crippen LogP contribution in [0, 0.1) is 5.92 Å². The topological polar surface area (TPSA) is 58.2 Å².